The molecule has 94 valence electrons. The standard InChI is InChI=1S/C11H11N3O4/c12-11-6(4-5-9(15)16)10-7(13-11)2-1-3-8(10)14(17)18/h1-3,13H,4-5,12H2,(H,15,16). The zero-order chi connectivity index (χ0) is 13.3. The molecule has 0 fully saturated rings. The number of benzene rings is 1. The number of carboxylic acids is 1. The molecule has 1 aromatic carbocycles. The first-order valence-corrected chi connectivity index (χ1v) is 5.26. The second-order valence-electron chi connectivity index (χ2n) is 3.87. The molecule has 2 aromatic rings. The highest BCUT2D eigenvalue weighted by atomic mass is 16.6. The molecular formula is C11H11N3O4. The molecule has 2 rings (SSSR count). The van der Waals surface area contributed by atoms with E-state index in [4.69, 9.17) is 10.8 Å². The number of nitro benzene ring substituents is 1. The van der Waals surface area contributed by atoms with Crippen LogP contribution in [-0.2, 0) is 11.2 Å². The van der Waals surface area contributed by atoms with Gasteiger partial charge in [0.2, 0.25) is 0 Å². The number of carbonyl (C=O) groups is 1. The molecule has 0 atom stereocenters. The largest absolute Gasteiger partial charge is 0.481 e. The third kappa shape index (κ3) is 1.97. The Morgan fingerprint density at radius 1 is 1.50 bits per heavy atom. The number of H-pyrrole nitrogens is 1. The van der Waals surface area contributed by atoms with Crippen LogP contribution in [0.5, 0.6) is 0 Å². The van der Waals surface area contributed by atoms with Crippen LogP contribution in [0, 0.1) is 10.1 Å². The lowest BCUT2D eigenvalue weighted by Crippen LogP contribution is -2.00. The van der Waals surface area contributed by atoms with E-state index in [1.54, 1.807) is 12.1 Å². The molecule has 7 heteroatoms. The number of aryl methyl sites for hydroxylation is 1. The highest BCUT2D eigenvalue weighted by Gasteiger charge is 2.19. The van der Waals surface area contributed by atoms with Crippen LogP contribution in [0.3, 0.4) is 0 Å². The van der Waals surface area contributed by atoms with E-state index in [1.165, 1.54) is 6.07 Å². The van der Waals surface area contributed by atoms with Crippen molar-refractivity contribution >= 4 is 28.4 Å². The Hall–Kier alpha value is -2.57. The van der Waals surface area contributed by atoms with E-state index in [-0.39, 0.29) is 24.3 Å². The zero-order valence-corrected chi connectivity index (χ0v) is 9.34. The number of aromatic nitrogens is 1. The number of nitrogens with one attached hydrogen (secondary N) is 1. The van der Waals surface area contributed by atoms with E-state index in [0.29, 0.717) is 16.5 Å². The molecule has 4 N–H and O–H groups in total. The van der Waals surface area contributed by atoms with Crippen molar-refractivity contribution in [2.45, 2.75) is 12.8 Å². The van der Waals surface area contributed by atoms with E-state index < -0.39 is 10.9 Å². The molecule has 0 aliphatic rings. The average Bonchev–Trinajstić information content (AvgIpc) is 2.61. The van der Waals surface area contributed by atoms with Gasteiger partial charge in [-0.25, -0.2) is 0 Å². The van der Waals surface area contributed by atoms with Crippen LogP contribution in [0.15, 0.2) is 18.2 Å². The van der Waals surface area contributed by atoms with Gasteiger partial charge in [0.05, 0.1) is 15.8 Å². The molecule has 0 amide bonds. The molecule has 0 saturated heterocycles. The second kappa shape index (κ2) is 4.36. The SMILES string of the molecule is Nc1[nH]c2cccc([N+](=O)[O-])c2c1CCC(=O)O. The Kier molecular flexibility index (Phi) is 2.88. The molecule has 0 aliphatic carbocycles. The molecular weight excluding hydrogens is 238 g/mol. The Morgan fingerprint density at radius 3 is 2.83 bits per heavy atom. The quantitative estimate of drug-likeness (QED) is 0.562. The topological polar surface area (TPSA) is 122 Å². The minimum absolute atomic E-state index is 0.0687. The predicted octanol–water partition coefficient (Wildman–Crippen LogP) is 1.68. The van der Waals surface area contributed by atoms with Gasteiger partial charge in [0.25, 0.3) is 5.69 Å². The Labute approximate surface area is 101 Å². The van der Waals surface area contributed by atoms with Gasteiger partial charge in [-0.05, 0) is 12.5 Å². The van der Waals surface area contributed by atoms with Crippen LogP contribution >= 0.6 is 0 Å². The van der Waals surface area contributed by atoms with Crippen molar-refractivity contribution in [3.63, 3.8) is 0 Å². The van der Waals surface area contributed by atoms with Crippen LogP contribution in [-0.4, -0.2) is 21.0 Å². The van der Waals surface area contributed by atoms with Crippen molar-refractivity contribution in [1.82, 2.24) is 4.98 Å². The molecule has 0 bridgehead atoms. The molecule has 1 heterocycles. The number of anilines is 1. The van der Waals surface area contributed by atoms with E-state index >= 15 is 0 Å². The summed E-state index contributed by atoms with van der Waals surface area (Å²) in [5.74, 6) is -0.692. The van der Waals surface area contributed by atoms with Crippen molar-refractivity contribution in [3.8, 4) is 0 Å². The number of aliphatic carboxylic acids is 1. The fraction of sp³-hybridized carbons (Fsp3) is 0.182. The Bertz CT molecular complexity index is 632. The first-order valence-electron chi connectivity index (χ1n) is 5.26. The van der Waals surface area contributed by atoms with Gasteiger partial charge in [-0.3, -0.25) is 14.9 Å². The molecule has 0 unspecified atom stereocenters. The van der Waals surface area contributed by atoms with Crippen LogP contribution < -0.4 is 5.73 Å². The van der Waals surface area contributed by atoms with E-state index in [1.807, 2.05) is 0 Å². The summed E-state index contributed by atoms with van der Waals surface area (Å²) >= 11 is 0. The lowest BCUT2D eigenvalue weighted by atomic mass is 10.1. The van der Waals surface area contributed by atoms with Crippen LogP contribution in [0.2, 0.25) is 0 Å². The number of hydrogen-bond acceptors (Lipinski definition) is 4. The maximum Gasteiger partial charge on any atom is 0.303 e. The van der Waals surface area contributed by atoms with Gasteiger partial charge in [0.15, 0.2) is 0 Å². The summed E-state index contributed by atoms with van der Waals surface area (Å²) in [5.41, 5.74) is 6.70. The van der Waals surface area contributed by atoms with E-state index in [9.17, 15) is 14.9 Å². The van der Waals surface area contributed by atoms with Gasteiger partial charge in [-0.15, -0.1) is 0 Å². The fourth-order valence-corrected chi connectivity index (χ4v) is 1.96. The summed E-state index contributed by atoms with van der Waals surface area (Å²) in [6.45, 7) is 0. The number of nitro groups is 1. The molecule has 0 aliphatic heterocycles. The molecule has 0 radical (unpaired) electrons. The number of nitrogens with zero attached hydrogens (tertiary/aromatic N) is 1. The van der Waals surface area contributed by atoms with E-state index in [2.05, 4.69) is 4.98 Å². The summed E-state index contributed by atoms with van der Waals surface area (Å²) < 4.78 is 0. The van der Waals surface area contributed by atoms with Crippen molar-refractivity contribution in [2.75, 3.05) is 5.73 Å². The van der Waals surface area contributed by atoms with Gasteiger partial charge < -0.3 is 15.8 Å². The van der Waals surface area contributed by atoms with Gasteiger partial charge in [-0.1, -0.05) is 6.07 Å². The summed E-state index contributed by atoms with van der Waals surface area (Å²) in [4.78, 5) is 23.9. The van der Waals surface area contributed by atoms with E-state index in [0.717, 1.165) is 0 Å². The van der Waals surface area contributed by atoms with Crippen LogP contribution in [0.4, 0.5) is 11.5 Å². The molecule has 1 aromatic heterocycles. The summed E-state index contributed by atoms with van der Waals surface area (Å²) in [6.07, 6.45) is 0.0369. The molecule has 18 heavy (non-hydrogen) atoms. The number of hydrogen-bond donors (Lipinski definition) is 3. The highest BCUT2D eigenvalue weighted by Crippen LogP contribution is 2.32. The minimum Gasteiger partial charge on any atom is -0.481 e. The number of rotatable bonds is 4. The van der Waals surface area contributed by atoms with Crippen LogP contribution in [0.25, 0.3) is 10.9 Å². The predicted molar refractivity (Wildman–Crippen MR) is 65.3 cm³/mol. The average molecular weight is 249 g/mol. The smallest absolute Gasteiger partial charge is 0.303 e. The maximum atomic E-state index is 10.9. The van der Waals surface area contributed by atoms with Crippen molar-refractivity contribution in [2.24, 2.45) is 0 Å². The van der Waals surface area contributed by atoms with Crippen molar-refractivity contribution in [3.05, 3.63) is 33.9 Å². The number of nitrogens with two attached hydrogens (primary N) is 1. The third-order valence-corrected chi connectivity index (χ3v) is 2.72. The number of fused-ring (bicyclic) bond motifs is 1. The van der Waals surface area contributed by atoms with Gasteiger partial charge in [0, 0.05) is 18.1 Å². The van der Waals surface area contributed by atoms with Gasteiger partial charge in [-0.2, -0.15) is 0 Å². The molecule has 7 nitrogen and oxygen atoms in total. The van der Waals surface area contributed by atoms with Gasteiger partial charge >= 0.3 is 5.97 Å². The first-order chi connectivity index (χ1) is 8.50. The monoisotopic (exact) mass is 249 g/mol. The Balaban J connectivity index is 2.60. The number of non-ortho nitro benzene ring substituents is 1. The second-order valence-corrected chi connectivity index (χ2v) is 3.87. The third-order valence-electron chi connectivity index (χ3n) is 2.72. The lowest BCUT2D eigenvalue weighted by Gasteiger charge is -1.99. The minimum atomic E-state index is -0.970. The molecule has 0 spiro atoms. The number of carboxylic acid groups (broad SMARTS) is 1. The first kappa shape index (κ1) is 11.9. The fourth-order valence-electron chi connectivity index (χ4n) is 1.96. The normalized spacial score (nSPS) is 10.7. The number of nitrogen functional groups attached to an aromatic ring is 1. The summed E-state index contributed by atoms with van der Waals surface area (Å²) in [5, 5.41) is 20.0. The molecule has 0 saturated carbocycles. The summed E-state index contributed by atoms with van der Waals surface area (Å²) in [7, 11) is 0. The highest BCUT2D eigenvalue weighted by molar-refractivity contribution is 5.95. The van der Waals surface area contributed by atoms with Crippen LogP contribution in [0.1, 0.15) is 12.0 Å². The lowest BCUT2D eigenvalue weighted by molar-refractivity contribution is -0.383. The van der Waals surface area contributed by atoms with Gasteiger partial charge in [0.1, 0.15) is 5.82 Å². The van der Waals surface area contributed by atoms with Crippen molar-refractivity contribution < 1.29 is 14.8 Å². The number of aromatic amines is 1. The van der Waals surface area contributed by atoms with Crippen molar-refractivity contribution in [1.29, 1.82) is 0 Å². The Morgan fingerprint density at radius 2 is 2.22 bits per heavy atom. The summed E-state index contributed by atoms with van der Waals surface area (Å²) in [6, 6.07) is 4.60. The zero-order valence-electron chi connectivity index (χ0n) is 9.34. The maximum absolute atomic E-state index is 10.9.